The summed E-state index contributed by atoms with van der Waals surface area (Å²) in [6.07, 6.45) is 0. The Morgan fingerprint density at radius 2 is 1.94 bits per heavy atom. The van der Waals surface area contributed by atoms with Gasteiger partial charge >= 0.3 is 6.03 Å². The third-order valence-electron chi connectivity index (χ3n) is 2.16. The van der Waals surface area contributed by atoms with Gasteiger partial charge in [-0.2, -0.15) is 5.10 Å². The number of carbonyl (C=O) groups is 1. The van der Waals surface area contributed by atoms with Gasteiger partial charge in [0, 0.05) is 19.5 Å². The summed E-state index contributed by atoms with van der Waals surface area (Å²) in [5.74, 6) is 0. The monoisotopic (exact) mass is 256 g/mol. The lowest BCUT2D eigenvalue weighted by atomic mass is 9.93. The lowest BCUT2D eigenvalue weighted by Gasteiger charge is -2.18. The standard InChI is InChI=1S/C10H16N4O2S/c1-10(2,3)6-7(15)14(8(17)12-11-6)9(16)13(4)5/h1-5H3,(H,12,17). The van der Waals surface area contributed by atoms with Crippen molar-refractivity contribution in [2.45, 2.75) is 26.2 Å². The molecule has 0 spiro atoms. The van der Waals surface area contributed by atoms with Crippen molar-refractivity contribution in [2.24, 2.45) is 0 Å². The van der Waals surface area contributed by atoms with Gasteiger partial charge in [-0.25, -0.2) is 9.36 Å². The molecule has 1 rings (SSSR count). The molecule has 0 fully saturated rings. The molecule has 1 amide bonds. The Balaban J connectivity index is 3.58. The maximum atomic E-state index is 12.1. The first-order valence-electron chi connectivity index (χ1n) is 5.10. The number of H-pyrrole nitrogens is 1. The summed E-state index contributed by atoms with van der Waals surface area (Å²) in [6.45, 7) is 5.54. The average Bonchev–Trinajstić information content (AvgIpc) is 2.14. The number of hydrogen-bond donors (Lipinski definition) is 1. The van der Waals surface area contributed by atoms with Gasteiger partial charge in [0.15, 0.2) is 0 Å². The molecular weight excluding hydrogens is 240 g/mol. The minimum atomic E-state index is -0.482. The highest BCUT2D eigenvalue weighted by atomic mass is 32.1. The topological polar surface area (TPSA) is 71.0 Å². The van der Waals surface area contributed by atoms with Crippen molar-refractivity contribution >= 4 is 18.2 Å². The van der Waals surface area contributed by atoms with Gasteiger partial charge in [0.05, 0.1) is 0 Å². The first-order valence-corrected chi connectivity index (χ1v) is 5.51. The van der Waals surface area contributed by atoms with Crippen LogP contribution in [0.1, 0.15) is 26.5 Å². The minimum absolute atomic E-state index is 0.00157. The predicted molar refractivity (Wildman–Crippen MR) is 66.9 cm³/mol. The van der Waals surface area contributed by atoms with Crippen molar-refractivity contribution in [2.75, 3.05) is 14.1 Å². The van der Waals surface area contributed by atoms with E-state index in [1.54, 1.807) is 14.1 Å². The van der Waals surface area contributed by atoms with Crippen LogP contribution in [-0.2, 0) is 5.41 Å². The van der Waals surface area contributed by atoms with Gasteiger partial charge in [-0.3, -0.25) is 9.89 Å². The van der Waals surface area contributed by atoms with Crippen molar-refractivity contribution in [3.63, 3.8) is 0 Å². The minimum Gasteiger partial charge on any atom is -0.330 e. The van der Waals surface area contributed by atoms with Gasteiger partial charge in [0.25, 0.3) is 5.56 Å². The van der Waals surface area contributed by atoms with E-state index in [1.165, 1.54) is 4.90 Å². The van der Waals surface area contributed by atoms with E-state index in [4.69, 9.17) is 12.2 Å². The number of aromatic amines is 1. The highest BCUT2D eigenvalue weighted by Gasteiger charge is 2.24. The van der Waals surface area contributed by atoms with E-state index in [0.717, 1.165) is 4.57 Å². The molecule has 6 nitrogen and oxygen atoms in total. The lowest BCUT2D eigenvalue weighted by Crippen LogP contribution is -2.41. The van der Waals surface area contributed by atoms with Crippen molar-refractivity contribution in [3.05, 3.63) is 20.8 Å². The Bertz CT molecular complexity index is 551. The molecule has 0 aliphatic heterocycles. The molecule has 0 aromatic carbocycles. The molecule has 17 heavy (non-hydrogen) atoms. The first-order chi connectivity index (χ1) is 7.66. The molecule has 7 heteroatoms. The zero-order valence-electron chi connectivity index (χ0n) is 10.6. The smallest absolute Gasteiger partial charge is 0.330 e. The summed E-state index contributed by atoms with van der Waals surface area (Å²) in [5, 5.41) is 6.45. The number of nitrogens with zero attached hydrogens (tertiary/aromatic N) is 3. The van der Waals surface area contributed by atoms with E-state index in [9.17, 15) is 9.59 Å². The third-order valence-corrected chi connectivity index (χ3v) is 2.43. The number of carbonyl (C=O) groups excluding carboxylic acids is 1. The lowest BCUT2D eigenvalue weighted by molar-refractivity contribution is 0.217. The normalized spacial score (nSPS) is 11.4. The Morgan fingerprint density at radius 1 is 1.41 bits per heavy atom. The largest absolute Gasteiger partial charge is 0.333 e. The molecule has 0 aliphatic carbocycles. The van der Waals surface area contributed by atoms with Gasteiger partial charge in [0.1, 0.15) is 5.69 Å². The van der Waals surface area contributed by atoms with Gasteiger partial charge < -0.3 is 4.90 Å². The van der Waals surface area contributed by atoms with Crippen molar-refractivity contribution < 1.29 is 4.79 Å². The van der Waals surface area contributed by atoms with Gasteiger partial charge in [-0.15, -0.1) is 0 Å². The second-order valence-corrected chi connectivity index (χ2v) is 5.33. The van der Waals surface area contributed by atoms with Crippen LogP contribution >= 0.6 is 12.2 Å². The van der Waals surface area contributed by atoms with Crippen molar-refractivity contribution in [1.82, 2.24) is 19.7 Å². The molecule has 1 heterocycles. The van der Waals surface area contributed by atoms with Gasteiger partial charge in [0.2, 0.25) is 4.77 Å². The van der Waals surface area contributed by atoms with Crippen LogP contribution in [0.15, 0.2) is 4.79 Å². The molecular formula is C10H16N4O2S. The molecule has 0 bridgehead atoms. The van der Waals surface area contributed by atoms with Gasteiger partial charge in [-0.1, -0.05) is 20.8 Å². The molecule has 1 aromatic heterocycles. The zero-order chi connectivity index (χ0) is 13.4. The molecule has 1 N–H and O–H groups in total. The molecule has 1 aromatic rings. The van der Waals surface area contributed by atoms with Gasteiger partial charge in [-0.05, 0) is 12.2 Å². The molecule has 0 saturated carbocycles. The van der Waals surface area contributed by atoms with E-state index >= 15 is 0 Å². The number of nitrogens with one attached hydrogen (secondary N) is 1. The van der Waals surface area contributed by atoms with E-state index in [-0.39, 0.29) is 10.5 Å². The molecule has 0 aliphatic rings. The maximum Gasteiger partial charge on any atom is 0.333 e. The highest BCUT2D eigenvalue weighted by molar-refractivity contribution is 7.71. The fourth-order valence-electron chi connectivity index (χ4n) is 1.26. The quantitative estimate of drug-likeness (QED) is 0.706. The SMILES string of the molecule is CN(C)C(=O)n1c(=S)[nH]nc(C(C)(C)C)c1=O. The van der Waals surface area contributed by atoms with Crippen molar-refractivity contribution in [1.29, 1.82) is 0 Å². The molecule has 0 unspecified atom stereocenters. The number of hydrogen-bond acceptors (Lipinski definition) is 4. The van der Waals surface area contributed by atoms with Crippen LogP contribution in [0.2, 0.25) is 0 Å². The Labute approximate surface area is 104 Å². The number of rotatable bonds is 0. The van der Waals surface area contributed by atoms with E-state index in [1.807, 2.05) is 20.8 Å². The summed E-state index contributed by atoms with van der Waals surface area (Å²) in [7, 11) is 3.11. The second kappa shape index (κ2) is 4.40. The summed E-state index contributed by atoms with van der Waals surface area (Å²) < 4.78 is 0.921. The van der Waals surface area contributed by atoms with Crippen LogP contribution in [0.5, 0.6) is 0 Å². The van der Waals surface area contributed by atoms with Crippen LogP contribution < -0.4 is 5.56 Å². The molecule has 0 saturated heterocycles. The van der Waals surface area contributed by atoms with Crippen LogP contribution in [0.25, 0.3) is 0 Å². The van der Waals surface area contributed by atoms with Crippen LogP contribution in [0.4, 0.5) is 4.79 Å². The maximum absolute atomic E-state index is 12.1. The fourth-order valence-corrected chi connectivity index (χ4v) is 1.47. The van der Waals surface area contributed by atoms with E-state index in [2.05, 4.69) is 10.2 Å². The second-order valence-electron chi connectivity index (χ2n) is 4.94. The van der Waals surface area contributed by atoms with E-state index in [0.29, 0.717) is 0 Å². The predicted octanol–water partition coefficient (Wildman–Crippen LogP) is 1.13. The van der Waals surface area contributed by atoms with Crippen LogP contribution in [0, 0.1) is 4.77 Å². The van der Waals surface area contributed by atoms with Crippen LogP contribution in [0.3, 0.4) is 0 Å². The molecule has 0 radical (unpaired) electrons. The van der Waals surface area contributed by atoms with Crippen LogP contribution in [-0.4, -0.2) is 39.8 Å². The average molecular weight is 256 g/mol. The summed E-state index contributed by atoms with van der Waals surface area (Å²) >= 11 is 4.91. The first kappa shape index (κ1) is 13.6. The fraction of sp³-hybridized carbons (Fsp3) is 0.600. The summed E-state index contributed by atoms with van der Waals surface area (Å²) in [5.41, 5.74) is -0.647. The Morgan fingerprint density at radius 3 is 2.35 bits per heavy atom. The summed E-state index contributed by atoms with van der Waals surface area (Å²) in [6, 6.07) is -0.482. The van der Waals surface area contributed by atoms with Crippen molar-refractivity contribution in [3.8, 4) is 0 Å². The molecule has 0 atom stereocenters. The molecule has 94 valence electrons. The zero-order valence-corrected chi connectivity index (χ0v) is 11.4. The Kier molecular flexibility index (Phi) is 3.51. The Hall–Kier alpha value is -1.50. The number of aromatic nitrogens is 3. The third kappa shape index (κ3) is 2.60. The highest BCUT2D eigenvalue weighted by Crippen LogP contribution is 2.15. The van der Waals surface area contributed by atoms with E-state index < -0.39 is 17.0 Å². The number of amides is 1. The summed E-state index contributed by atoms with van der Waals surface area (Å²) in [4.78, 5) is 25.3.